The molecular formula is C16H16F3NO5. The monoisotopic (exact) mass is 359 g/mol. The van der Waals surface area contributed by atoms with Crippen LogP contribution in [0.5, 0.6) is 5.75 Å². The molecule has 0 spiro atoms. The predicted molar refractivity (Wildman–Crippen MR) is 77.9 cm³/mol. The molecule has 6 nitrogen and oxygen atoms in total. The van der Waals surface area contributed by atoms with E-state index in [9.17, 15) is 27.9 Å². The minimum atomic E-state index is -3.21. The number of carbonyl (C=O) groups is 2. The lowest BCUT2D eigenvalue weighted by atomic mass is 9.74. The summed E-state index contributed by atoms with van der Waals surface area (Å²) >= 11 is 0. The minimum absolute atomic E-state index is 0.0549. The van der Waals surface area contributed by atoms with Crippen LogP contribution in [-0.2, 0) is 9.53 Å². The van der Waals surface area contributed by atoms with Crippen LogP contribution in [0.3, 0.4) is 0 Å². The number of aliphatic carboxylic acids is 1. The summed E-state index contributed by atoms with van der Waals surface area (Å²) in [5.41, 5.74) is -1.35. The van der Waals surface area contributed by atoms with Crippen molar-refractivity contribution in [2.24, 2.45) is 11.3 Å². The van der Waals surface area contributed by atoms with Crippen LogP contribution in [0.15, 0.2) is 18.2 Å². The van der Waals surface area contributed by atoms with E-state index < -0.39 is 35.5 Å². The summed E-state index contributed by atoms with van der Waals surface area (Å²) in [7, 11) is 0. The zero-order valence-corrected chi connectivity index (χ0v) is 13.1. The number of nitrogens with zero attached hydrogens (tertiary/aromatic N) is 1. The molecule has 25 heavy (non-hydrogen) atoms. The molecule has 0 saturated carbocycles. The van der Waals surface area contributed by atoms with Gasteiger partial charge in [0, 0.05) is 31.7 Å². The number of benzene rings is 1. The van der Waals surface area contributed by atoms with Crippen LogP contribution in [0.4, 0.5) is 13.2 Å². The topological polar surface area (TPSA) is 76.1 Å². The molecule has 136 valence electrons. The fourth-order valence-corrected chi connectivity index (χ4v) is 3.49. The Morgan fingerprint density at radius 1 is 1.40 bits per heavy atom. The van der Waals surface area contributed by atoms with Gasteiger partial charge in [-0.2, -0.15) is 8.78 Å². The molecular weight excluding hydrogens is 343 g/mol. The number of halogens is 3. The number of likely N-dealkylation sites (tertiary alicyclic amines) is 1. The maximum Gasteiger partial charge on any atom is 0.387 e. The molecule has 0 unspecified atom stereocenters. The van der Waals surface area contributed by atoms with E-state index in [1.807, 2.05) is 0 Å². The first kappa shape index (κ1) is 17.5. The molecule has 9 heteroatoms. The number of ether oxygens (including phenoxy) is 2. The van der Waals surface area contributed by atoms with Crippen molar-refractivity contribution in [2.45, 2.75) is 13.0 Å². The van der Waals surface area contributed by atoms with Gasteiger partial charge in [-0.05, 0) is 18.6 Å². The molecule has 2 aliphatic heterocycles. The Balaban J connectivity index is 1.88. The molecule has 0 aliphatic carbocycles. The summed E-state index contributed by atoms with van der Waals surface area (Å²) in [6.07, 6.45) is 0.264. The maximum absolute atomic E-state index is 13.3. The smallest absolute Gasteiger partial charge is 0.387 e. The van der Waals surface area contributed by atoms with Gasteiger partial charge in [0.2, 0.25) is 0 Å². The molecule has 2 aliphatic rings. The van der Waals surface area contributed by atoms with Crippen LogP contribution < -0.4 is 4.74 Å². The molecule has 2 saturated heterocycles. The molecule has 2 fully saturated rings. The molecule has 1 N–H and O–H groups in total. The normalized spacial score (nSPS) is 25.8. The van der Waals surface area contributed by atoms with Gasteiger partial charge in [-0.3, -0.25) is 9.59 Å². The number of carboxylic acids is 1. The summed E-state index contributed by atoms with van der Waals surface area (Å²) in [4.78, 5) is 25.7. The Labute approximate surface area is 141 Å². The van der Waals surface area contributed by atoms with Crippen molar-refractivity contribution in [3.63, 3.8) is 0 Å². The van der Waals surface area contributed by atoms with Crippen LogP contribution in [0.1, 0.15) is 16.8 Å². The van der Waals surface area contributed by atoms with Crippen molar-refractivity contribution >= 4 is 11.9 Å². The van der Waals surface area contributed by atoms with Gasteiger partial charge in [-0.15, -0.1) is 0 Å². The molecule has 2 atom stereocenters. The van der Waals surface area contributed by atoms with Gasteiger partial charge >= 0.3 is 12.6 Å². The lowest BCUT2D eigenvalue weighted by Gasteiger charge is -2.33. The number of hydrogen-bond acceptors (Lipinski definition) is 4. The fourth-order valence-electron chi connectivity index (χ4n) is 3.49. The van der Waals surface area contributed by atoms with E-state index in [2.05, 4.69) is 4.74 Å². The number of rotatable bonds is 4. The van der Waals surface area contributed by atoms with Crippen LogP contribution in [0.2, 0.25) is 0 Å². The minimum Gasteiger partial charge on any atom is -0.481 e. The highest BCUT2D eigenvalue weighted by Crippen LogP contribution is 2.43. The van der Waals surface area contributed by atoms with Gasteiger partial charge in [-0.25, -0.2) is 4.39 Å². The third-order valence-corrected chi connectivity index (χ3v) is 4.81. The first-order chi connectivity index (χ1) is 11.8. The summed E-state index contributed by atoms with van der Waals surface area (Å²) in [5.74, 6) is -3.47. The van der Waals surface area contributed by atoms with Gasteiger partial charge in [0.1, 0.15) is 11.6 Å². The molecule has 1 aromatic rings. The predicted octanol–water partition coefficient (Wildman–Crippen LogP) is 1.99. The van der Waals surface area contributed by atoms with Crippen LogP contribution in [0, 0.1) is 17.2 Å². The highest BCUT2D eigenvalue weighted by molar-refractivity contribution is 5.97. The summed E-state index contributed by atoms with van der Waals surface area (Å²) in [5, 5.41) is 9.61. The van der Waals surface area contributed by atoms with Gasteiger partial charge in [0.15, 0.2) is 0 Å². The lowest BCUT2D eigenvalue weighted by molar-refractivity contribution is -0.157. The molecule has 0 radical (unpaired) electrons. The highest BCUT2D eigenvalue weighted by atomic mass is 19.3. The Kier molecular flexibility index (Phi) is 4.59. The number of carbonyl (C=O) groups excluding carboxylic acids is 1. The first-order valence-electron chi connectivity index (χ1n) is 7.68. The number of alkyl halides is 2. The van der Waals surface area contributed by atoms with E-state index in [4.69, 9.17) is 4.74 Å². The summed E-state index contributed by atoms with van der Waals surface area (Å²) < 4.78 is 47.9. The number of fused-ring (bicyclic) bond motifs is 1. The number of amides is 1. The van der Waals surface area contributed by atoms with E-state index in [0.29, 0.717) is 6.07 Å². The molecule has 0 bridgehead atoms. The Hall–Kier alpha value is -2.29. The Bertz CT molecular complexity index is 698. The van der Waals surface area contributed by atoms with Crippen molar-refractivity contribution in [1.29, 1.82) is 0 Å². The molecule has 1 amide bonds. The Morgan fingerprint density at radius 2 is 2.16 bits per heavy atom. The maximum atomic E-state index is 13.3. The average molecular weight is 359 g/mol. The SMILES string of the molecule is O=C(c1ccc(F)cc1OC(F)F)N1C[C@H]2COCC[C@@]2(C(=O)O)C1. The van der Waals surface area contributed by atoms with E-state index >= 15 is 0 Å². The molecule has 0 aromatic heterocycles. The fraction of sp³-hybridized carbons (Fsp3) is 0.500. The number of hydrogen-bond donors (Lipinski definition) is 1. The second-order valence-corrected chi connectivity index (χ2v) is 6.19. The van der Waals surface area contributed by atoms with Gasteiger partial charge < -0.3 is 19.5 Å². The average Bonchev–Trinajstić information content (AvgIpc) is 2.95. The van der Waals surface area contributed by atoms with Crippen LogP contribution >= 0.6 is 0 Å². The van der Waals surface area contributed by atoms with E-state index in [0.717, 1.165) is 12.1 Å². The third-order valence-electron chi connectivity index (χ3n) is 4.81. The second kappa shape index (κ2) is 6.55. The van der Waals surface area contributed by atoms with Crippen molar-refractivity contribution in [3.05, 3.63) is 29.6 Å². The van der Waals surface area contributed by atoms with Crippen LogP contribution in [0.25, 0.3) is 0 Å². The summed E-state index contributed by atoms with van der Waals surface area (Å²) in [6.45, 7) is -2.66. The second-order valence-electron chi connectivity index (χ2n) is 6.19. The quantitative estimate of drug-likeness (QED) is 0.890. The molecule has 3 rings (SSSR count). The van der Waals surface area contributed by atoms with Crippen LogP contribution in [-0.4, -0.2) is 54.8 Å². The lowest BCUT2D eigenvalue weighted by Crippen LogP contribution is -2.45. The van der Waals surface area contributed by atoms with E-state index in [1.54, 1.807) is 0 Å². The molecule has 2 heterocycles. The van der Waals surface area contributed by atoms with Gasteiger partial charge in [-0.1, -0.05) is 0 Å². The Morgan fingerprint density at radius 3 is 2.80 bits per heavy atom. The zero-order chi connectivity index (χ0) is 18.2. The van der Waals surface area contributed by atoms with Crippen molar-refractivity contribution < 1.29 is 37.3 Å². The van der Waals surface area contributed by atoms with Crippen molar-refractivity contribution in [2.75, 3.05) is 26.3 Å². The van der Waals surface area contributed by atoms with E-state index in [1.165, 1.54) is 4.90 Å². The van der Waals surface area contributed by atoms with Crippen molar-refractivity contribution in [3.8, 4) is 5.75 Å². The van der Waals surface area contributed by atoms with Crippen molar-refractivity contribution in [1.82, 2.24) is 4.90 Å². The summed E-state index contributed by atoms with van der Waals surface area (Å²) in [6, 6.07) is 2.73. The van der Waals surface area contributed by atoms with E-state index in [-0.39, 0.29) is 44.2 Å². The largest absolute Gasteiger partial charge is 0.481 e. The third kappa shape index (κ3) is 3.15. The molecule has 1 aromatic carbocycles. The van der Waals surface area contributed by atoms with Gasteiger partial charge in [0.05, 0.1) is 17.6 Å². The first-order valence-corrected chi connectivity index (χ1v) is 7.68. The standard InChI is InChI=1S/C16H16F3NO5/c17-10-1-2-11(12(5-10)25-15(18)19)13(21)20-6-9-7-24-4-3-16(9,8-20)14(22)23/h1-2,5,9,15H,3-4,6-8H2,(H,22,23)/t9-,16+/m0/s1. The zero-order valence-electron chi connectivity index (χ0n) is 13.1. The van der Waals surface area contributed by atoms with Gasteiger partial charge in [0.25, 0.3) is 5.91 Å². The number of carboxylic acid groups (broad SMARTS) is 1. The highest BCUT2D eigenvalue weighted by Gasteiger charge is 2.55.